The molecule has 0 aliphatic heterocycles. The summed E-state index contributed by atoms with van der Waals surface area (Å²) in [6.45, 7) is 6.90. The average Bonchev–Trinajstić information content (AvgIpc) is 2.53. The normalized spacial score (nSPS) is 13.7. The second-order valence-corrected chi connectivity index (χ2v) is 5.30. The molecule has 23 heavy (non-hydrogen) atoms. The number of allylic oxidation sites excluding steroid dienone is 1. The molecule has 1 aliphatic carbocycles. The number of fused-ring (bicyclic) bond motifs is 2. The van der Waals surface area contributed by atoms with Gasteiger partial charge in [0.2, 0.25) is 0 Å². The Morgan fingerprint density at radius 3 is 3.04 bits per heavy atom. The lowest BCUT2D eigenvalue weighted by Crippen LogP contribution is -2.04. The smallest absolute Gasteiger partial charge is 0.342 e. The van der Waals surface area contributed by atoms with Gasteiger partial charge in [-0.3, -0.25) is 0 Å². The monoisotopic (exact) mass is 300 g/mol. The summed E-state index contributed by atoms with van der Waals surface area (Å²) in [4.78, 5) is 15.1. The third-order valence-corrected chi connectivity index (χ3v) is 3.73. The molecule has 2 aromatic rings. The molecule has 0 atom stereocenters. The number of hydrogen-bond acceptors (Lipinski definition) is 3. The molecule has 0 radical (unpaired) electrons. The van der Waals surface area contributed by atoms with Crippen LogP contribution in [0.15, 0.2) is 33.1 Å². The molecular formula is C19H12N2O2. The quantitative estimate of drug-likeness (QED) is 0.349. The Labute approximate surface area is 133 Å². The van der Waals surface area contributed by atoms with E-state index in [9.17, 15) is 4.79 Å². The van der Waals surface area contributed by atoms with Gasteiger partial charge in [0.05, 0.1) is 18.2 Å². The Balaban J connectivity index is 2.20. The molecule has 0 N–H and O–H groups in total. The van der Waals surface area contributed by atoms with E-state index in [1.165, 1.54) is 6.08 Å². The van der Waals surface area contributed by atoms with Gasteiger partial charge in [0, 0.05) is 17.4 Å². The molecule has 0 saturated carbocycles. The van der Waals surface area contributed by atoms with Gasteiger partial charge in [0.1, 0.15) is 5.58 Å². The second-order valence-electron chi connectivity index (χ2n) is 5.30. The van der Waals surface area contributed by atoms with E-state index < -0.39 is 5.63 Å². The summed E-state index contributed by atoms with van der Waals surface area (Å²) in [7, 11) is 0. The highest BCUT2D eigenvalue weighted by atomic mass is 16.4. The lowest BCUT2D eigenvalue weighted by atomic mass is 9.97. The minimum atomic E-state index is -0.562. The zero-order chi connectivity index (χ0) is 16.2. The van der Waals surface area contributed by atoms with Crippen LogP contribution in [0.2, 0.25) is 0 Å². The van der Waals surface area contributed by atoms with Gasteiger partial charge in [-0.1, -0.05) is 11.8 Å². The molecule has 1 aliphatic rings. The maximum absolute atomic E-state index is 12.0. The van der Waals surface area contributed by atoms with Crippen LogP contribution in [-0.4, -0.2) is 0 Å². The van der Waals surface area contributed by atoms with Crippen molar-refractivity contribution in [1.29, 1.82) is 5.26 Å². The van der Waals surface area contributed by atoms with E-state index >= 15 is 0 Å². The van der Waals surface area contributed by atoms with Gasteiger partial charge in [-0.25, -0.2) is 14.9 Å². The first-order chi connectivity index (χ1) is 11.2. The lowest BCUT2D eigenvalue weighted by Gasteiger charge is -2.09. The molecule has 1 aromatic carbocycles. The van der Waals surface area contributed by atoms with E-state index in [-0.39, 0.29) is 11.3 Å². The van der Waals surface area contributed by atoms with E-state index in [0.717, 1.165) is 42.2 Å². The Kier molecular flexibility index (Phi) is 3.96. The van der Waals surface area contributed by atoms with Crippen LogP contribution in [0.5, 0.6) is 0 Å². The van der Waals surface area contributed by atoms with Crippen LogP contribution in [0.1, 0.15) is 36.0 Å². The third kappa shape index (κ3) is 3.00. The van der Waals surface area contributed by atoms with Crippen LogP contribution >= 0.6 is 0 Å². The fraction of sp³-hybridized carbons (Fsp3) is 0.211. The topological polar surface area (TPSA) is 58.4 Å². The Morgan fingerprint density at radius 2 is 2.26 bits per heavy atom. The van der Waals surface area contributed by atoms with Crippen LogP contribution in [0.25, 0.3) is 21.9 Å². The number of hydrogen-bond donors (Lipinski definition) is 0. The summed E-state index contributed by atoms with van der Waals surface area (Å²) < 4.78 is 5.34. The molecule has 1 aromatic heterocycles. The van der Waals surface area contributed by atoms with Crippen LogP contribution in [0, 0.1) is 29.7 Å². The van der Waals surface area contributed by atoms with Crippen LogP contribution in [0.3, 0.4) is 0 Å². The van der Waals surface area contributed by atoms with E-state index in [1.54, 1.807) is 18.2 Å². The van der Waals surface area contributed by atoms with E-state index in [1.807, 2.05) is 6.07 Å². The molecule has 0 saturated heterocycles. The minimum absolute atomic E-state index is 0.145. The first-order valence-corrected chi connectivity index (χ1v) is 7.30. The van der Waals surface area contributed by atoms with Gasteiger partial charge >= 0.3 is 5.63 Å². The molecule has 0 amide bonds. The summed E-state index contributed by atoms with van der Waals surface area (Å²) in [6.07, 6.45) is 5.25. The van der Waals surface area contributed by atoms with Gasteiger partial charge in [-0.15, -0.1) is 0 Å². The maximum Gasteiger partial charge on any atom is 0.342 e. The van der Waals surface area contributed by atoms with Crippen molar-refractivity contribution < 1.29 is 4.42 Å². The van der Waals surface area contributed by atoms with Crippen molar-refractivity contribution in [3.05, 3.63) is 62.4 Å². The van der Waals surface area contributed by atoms with E-state index in [2.05, 4.69) is 16.7 Å². The minimum Gasteiger partial charge on any atom is -0.422 e. The number of nitriles is 1. The lowest BCUT2D eigenvalue weighted by molar-refractivity contribution is 0.559. The molecular weight excluding hydrogens is 288 g/mol. The molecule has 1 heterocycles. The second kappa shape index (κ2) is 6.22. The van der Waals surface area contributed by atoms with Crippen molar-refractivity contribution in [2.24, 2.45) is 0 Å². The van der Waals surface area contributed by atoms with Crippen LogP contribution in [-0.2, 0) is 6.42 Å². The number of nitrogens with zero attached hydrogens (tertiary/aromatic N) is 2. The standard InChI is InChI=1S/C19H12N2O2/c1-21-17(12-20)10-16-9-15-8-13-6-4-2-3-5-7-14(13)11-18(15)23-19(16)22/h8-11H,2-4,6H2/b17-10+. The van der Waals surface area contributed by atoms with E-state index in [4.69, 9.17) is 16.3 Å². The third-order valence-electron chi connectivity index (χ3n) is 3.73. The Morgan fingerprint density at radius 1 is 1.39 bits per heavy atom. The van der Waals surface area contributed by atoms with Gasteiger partial charge in [0.15, 0.2) is 0 Å². The van der Waals surface area contributed by atoms with Crippen molar-refractivity contribution in [3.63, 3.8) is 0 Å². The number of aryl methyl sites for hydroxylation is 1. The number of benzene rings is 1. The summed E-state index contributed by atoms with van der Waals surface area (Å²) in [5, 5.41) is 9.60. The van der Waals surface area contributed by atoms with Crippen molar-refractivity contribution in [1.82, 2.24) is 0 Å². The molecule has 0 spiro atoms. The highest BCUT2D eigenvalue weighted by molar-refractivity contribution is 5.82. The largest absolute Gasteiger partial charge is 0.422 e. The summed E-state index contributed by atoms with van der Waals surface area (Å²) in [6, 6.07) is 7.20. The fourth-order valence-corrected chi connectivity index (χ4v) is 2.58. The molecule has 0 fully saturated rings. The average molecular weight is 300 g/mol. The Bertz CT molecular complexity index is 1000. The zero-order valence-corrected chi connectivity index (χ0v) is 12.3. The highest BCUT2D eigenvalue weighted by Gasteiger charge is 2.10. The molecule has 0 bridgehead atoms. The summed E-state index contributed by atoms with van der Waals surface area (Å²) in [5.74, 6) is 6.26. The van der Waals surface area contributed by atoms with Gasteiger partial charge in [-0.2, -0.15) is 0 Å². The molecule has 3 rings (SSSR count). The van der Waals surface area contributed by atoms with Gasteiger partial charge in [-0.05, 0) is 49.1 Å². The summed E-state index contributed by atoms with van der Waals surface area (Å²) >= 11 is 0. The molecule has 110 valence electrons. The van der Waals surface area contributed by atoms with Crippen molar-refractivity contribution in [2.45, 2.75) is 25.7 Å². The SMILES string of the molecule is [C-]#[N+]/C(C#N)=C/c1cc2cc3c(cc2oc1=O)C#CCCCC3. The fourth-order valence-electron chi connectivity index (χ4n) is 2.58. The predicted octanol–water partition coefficient (Wildman–Crippen LogP) is 3.65. The van der Waals surface area contributed by atoms with Crippen molar-refractivity contribution in [3.8, 4) is 17.9 Å². The predicted molar refractivity (Wildman–Crippen MR) is 87.1 cm³/mol. The first-order valence-electron chi connectivity index (χ1n) is 7.30. The Hall–Kier alpha value is -3.29. The number of rotatable bonds is 1. The summed E-state index contributed by atoms with van der Waals surface area (Å²) in [5.41, 5.74) is 2.02. The highest BCUT2D eigenvalue weighted by Crippen LogP contribution is 2.23. The van der Waals surface area contributed by atoms with Crippen LogP contribution in [0.4, 0.5) is 0 Å². The van der Waals surface area contributed by atoms with Crippen LogP contribution < -0.4 is 5.63 Å². The first kappa shape index (κ1) is 14.6. The van der Waals surface area contributed by atoms with Crippen molar-refractivity contribution in [2.75, 3.05) is 0 Å². The zero-order valence-electron chi connectivity index (χ0n) is 12.3. The molecule has 0 unspecified atom stereocenters. The van der Waals surface area contributed by atoms with Gasteiger partial charge in [0.25, 0.3) is 5.70 Å². The maximum atomic E-state index is 12.0. The molecule has 4 nitrogen and oxygen atoms in total. The van der Waals surface area contributed by atoms with Crippen molar-refractivity contribution >= 4 is 17.0 Å². The van der Waals surface area contributed by atoms with Gasteiger partial charge < -0.3 is 4.42 Å². The molecule has 4 heteroatoms. The van der Waals surface area contributed by atoms with E-state index in [0.29, 0.717) is 5.58 Å².